The van der Waals surface area contributed by atoms with E-state index in [-0.39, 0.29) is 0 Å². The Hall–Kier alpha value is -0.720. The van der Waals surface area contributed by atoms with E-state index in [1.165, 1.54) is 13.8 Å². The van der Waals surface area contributed by atoms with Crippen LogP contribution in [0.1, 0.15) is 13.8 Å². The van der Waals surface area contributed by atoms with E-state index < -0.39 is 18.1 Å². The molecule has 10 heavy (non-hydrogen) atoms. The van der Waals surface area contributed by atoms with Gasteiger partial charge in [0.2, 0.25) is 0 Å². The Kier molecular flexibility index (Phi) is 2.70. The van der Waals surface area contributed by atoms with Crippen molar-refractivity contribution >= 4 is 0 Å². The first kappa shape index (κ1) is 9.28. The van der Waals surface area contributed by atoms with E-state index in [1.54, 1.807) is 0 Å². The van der Waals surface area contributed by atoms with Gasteiger partial charge in [-0.3, -0.25) is 0 Å². The summed E-state index contributed by atoms with van der Waals surface area (Å²) in [6.07, 6.45) is -4.30. The third-order valence-corrected chi connectivity index (χ3v) is 1.13. The van der Waals surface area contributed by atoms with Crippen LogP contribution in [-0.2, 0) is 0 Å². The maximum absolute atomic E-state index is 11.8. The van der Waals surface area contributed by atoms with Crippen LogP contribution in [0.5, 0.6) is 0 Å². The molecule has 0 fully saturated rings. The molecule has 0 aromatic rings. The zero-order valence-corrected chi connectivity index (χ0v) is 5.81. The van der Waals surface area contributed by atoms with Gasteiger partial charge in [0.1, 0.15) is 0 Å². The number of rotatable bonds is 1. The zero-order chi connectivity index (χ0) is 8.36. The summed E-state index contributed by atoms with van der Waals surface area (Å²) in [7, 11) is 0. The Morgan fingerprint density at radius 1 is 1.30 bits per heavy atom. The van der Waals surface area contributed by atoms with Crippen LogP contribution in [0.3, 0.4) is 0 Å². The molecule has 0 radical (unpaired) electrons. The fourth-order valence-electron chi connectivity index (χ4n) is 0.635. The molecule has 0 aliphatic heterocycles. The summed E-state index contributed by atoms with van der Waals surface area (Å²) in [6.45, 7) is 7.42. The quantitative estimate of drug-likeness (QED) is 0.543. The van der Waals surface area contributed by atoms with Crippen LogP contribution in [0.2, 0.25) is 0 Å². The Bertz CT molecular complexity index is 142. The second kappa shape index (κ2) is 2.91. The van der Waals surface area contributed by atoms with Crippen molar-refractivity contribution < 1.29 is 13.2 Å². The highest BCUT2D eigenvalue weighted by Gasteiger charge is 2.50. The molecule has 0 N–H and O–H groups in total. The molecular weight excluding hydrogens is 143 g/mol. The third-order valence-electron chi connectivity index (χ3n) is 1.13. The highest BCUT2D eigenvalue weighted by molar-refractivity contribution is 4.90. The maximum atomic E-state index is 11.8. The normalized spacial score (nSPS) is 14.9. The van der Waals surface area contributed by atoms with E-state index in [9.17, 15) is 13.2 Å². The van der Waals surface area contributed by atoms with Gasteiger partial charge in [0.25, 0.3) is 6.57 Å². The van der Waals surface area contributed by atoms with Crippen molar-refractivity contribution in [3.63, 3.8) is 0 Å². The molecule has 58 valence electrons. The molecule has 4 heteroatoms. The topological polar surface area (TPSA) is 4.36 Å². The molecule has 0 saturated carbocycles. The van der Waals surface area contributed by atoms with Gasteiger partial charge in [0.05, 0.1) is 0 Å². The summed E-state index contributed by atoms with van der Waals surface area (Å²) in [5, 5.41) is 0. The molecule has 0 aliphatic rings. The Labute approximate surface area is 57.7 Å². The minimum atomic E-state index is -4.30. The van der Waals surface area contributed by atoms with E-state index >= 15 is 0 Å². The van der Waals surface area contributed by atoms with Crippen molar-refractivity contribution in [1.29, 1.82) is 0 Å². The van der Waals surface area contributed by atoms with Gasteiger partial charge in [-0.15, -0.1) is 0 Å². The lowest BCUT2D eigenvalue weighted by atomic mass is 10.1. The van der Waals surface area contributed by atoms with Crippen molar-refractivity contribution in [2.45, 2.75) is 26.1 Å². The van der Waals surface area contributed by atoms with E-state index in [0.717, 1.165) is 0 Å². The van der Waals surface area contributed by atoms with Crippen LogP contribution in [0.15, 0.2) is 0 Å². The molecule has 0 aromatic heterocycles. The van der Waals surface area contributed by atoms with Crippen molar-refractivity contribution in [2.75, 3.05) is 0 Å². The smallest absolute Gasteiger partial charge is 0.163 e. The standard InChI is InChI=1S/C6H9F3N/c1-4(2)5(10-3)6(7,8)9/h3-5H,1-2H3/q+1. The first-order valence-electron chi connectivity index (χ1n) is 2.86. The van der Waals surface area contributed by atoms with E-state index in [2.05, 4.69) is 11.4 Å². The summed E-state index contributed by atoms with van der Waals surface area (Å²) >= 11 is 0. The second-order valence-corrected chi connectivity index (χ2v) is 2.38. The van der Waals surface area contributed by atoms with Gasteiger partial charge in [-0.25, -0.2) is 0 Å². The van der Waals surface area contributed by atoms with Crippen molar-refractivity contribution in [2.24, 2.45) is 5.92 Å². The predicted molar refractivity (Wildman–Crippen MR) is 33.0 cm³/mol. The Morgan fingerprint density at radius 2 is 1.70 bits per heavy atom. The van der Waals surface area contributed by atoms with Crippen LogP contribution < -0.4 is 0 Å². The molecule has 1 atom stereocenters. The van der Waals surface area contributed by atoms with Crippen molar-refractivity contribution in [3.05, 3.63) is 4.85 Å². The summed E-state index contributed by atoms with van der Waals surface area (Å²) < 4.78 is 35.4. The molecule has 0 heterocycles. The minimum absolute atomic E-state index is 0.593. The van der Waals surface area contributed by atoms with Crippen LogP contribution in [0.4, 0.5) is 13.2 Å². The Balaban J connectivity index is 4.26. The molecule has 1 nitrogen and oxygen atoms in total. The second-order valence-electron chi connectivity index (χ2n) is 2.38. The fourth-order valence-corrected chi connectivity index (χ4v) is 0.635. The van der Waals surface area contributed by atoms with Gasteiger partial charge in [0, 0.05) is 5.92 Å². The van der Waals surface area contributed by atoms with Gasteiger partial charge >= 0.3 is 12.2 Å². The van der Waals surface area contributed by atoms with E-state index in [0.29, 0.717) is 0 Å². The average molecular weight is 152 g/mol. The molecule has 0 aliphatic carbocycles. The maximum Gasteiger partial charge on any atom is 0.470 e. The number of alkyl halides is 3. The minimum Gasteiger partial charge on any atom is -0.163 e. The molecule has 0 amide bonds. The summed E-state index contributed by atoms with van der Waals surface area (Å²) in [5.74, 6) is -0.593. The summed E-state index contributed by atoms with van der Waals surface area (Å²) in [6, 6.07) is -1.73. The molecule has 0 saturated heterocycles. The van der Waals surface area contributed by atoms with Gasteiger partial charge in [-0.05, 0) is 0 Å². The van der Waals surface area contributed by atoms with Crippen LogP contribution in [-0.4, -0.2) is 12.2 Å². The average Bonchev–Trinajstić information content (AvgIpc) is 1.60. The van der Waals surface area contributed by atoms with Gasteiger partial charge < -0.3 is 0 Å². The number of halogens is 3. The summed E-state index contributed by atoms with van der Waals surface area (Å²) in [4.78, 5) is 2.73. The molecule has 0 spiro atoms. The Morgan fingerprint density at radius 3 is 1.70 bits per heavy atom. The first-order valence-corrected chi connectivity index (χ1v) is 2.86. The largest absolute Gasteiger partial charge is 0.470 e. The molecule has 0 aromatic carbocycles. The predicted octanol–water partition coefficient (Wildman–Crippen LogP) is 2.54. The molecule has 1 unspecified atom stereocenters. The highest BCUT2D eigenvalue weighted by Crippen LogP contribution is 2.27. The molecule has 0 rings (SSSR count). The van der Waals surface area contributed by atoms with Gasteiger partial charge in [0.15, 0.2) is 0 Å². The van der Waals surface area contributed by atoms with Crippen LogP contribution in [0.25, 0.3) is 4.85 Å². The molecular formula is C6H9F3N+. The van der Waals surface area contributed by atoms with Crippen LogP contribution >= 0.6 is 0 Å². The number of hydrogen-bond donors (Lipinski definition) is 0. The van der Waals surface area contributed by atoms with Crippen molar-refractivity contribution in [3.8, 4) is 6.57 Å². The lowest BCUT2D eigenvalue weighted by Gasteiger charge is -2.08. The lowest BCUT2D eigenvalue weighted by molar-refractivity contribution is -0.146. The van der Waals surface area contributed by atoms with E-state index in [1.807, 2.05) is 0 Å². The molecule has 0 bridgehead atoms. The lowest BCUT2D eigenvalue weighted by Crippen LogP contribution is -2.30. The van der Waals surface area contributed by atoms with Gasteiger partial charge in [-0.1, -0.05) is 18.7 Å². The third kappa shape index (κ3) is 2.26. The number of hydrogen-bond acceptors (Lipinski definition) is 0. The highest BCUT2D eigenvalue weighted by atomic mass is 19.4. The SMILES string of the molecule is C#[N+]C(C(C)C)C(F)(F)F. The van der Waals surface area contributed by atoms with Crippen LogP contribution in [0, 0.1) is 12.5 Å². The van der Waals surface area contributed by atoms with E-state index in [4.69, 9.17) is 0 Å². The first-order chi connectivity index (χ1) is 4.39. The number of nitrogens with zero attached hydrogens (tertiary/aromatic N) is 1. The zero-order valence-electron chi connectivity index (χ0n) is 5.81. The summed E-state index contributed by atoms with van der Waals surface area (Å²) in [5.41, 5.74) is 0. The fraction of sp³-hybridized carbons (Fsp3) is 0.833. The monoisotopic (exact) mass is 152 g/mol. The van der Waals surface area contributed by atoms with Gasteiger partial charge in [-0.2, -0.15) is 13.2 Å². The van der Waals surface area contributed by atoms with Crippen molar-refractivity contribution in [1.82, 2.24) is 0 Å².